The zero-order chi connectivity index (χ0) is 66.5. The molecule has 0 aromatic heterocycles. The van der Waals surface area contributed by atoms with Gasteiger partial charge in [0.15, 0.2) is 6.61 Å². The molecule has 20 nitrogen and oxygen atoms in total. The topological polar surface area (TPSA) is 266 Å². The van der Waals surface area contributed by atoms with Crippen molar-refractivity contribution in [1.29, 1.82) is 0 Å². The molecule has 0 spiro atoms. The summed E-state index contributed by atoms with van der Waals surface area (Å²) in [6.45, 7) is 33.5. The fourth-order valence-electron chi connectivity index (χ4n) is 19.0. The van der Waals surface area contributed by atoms with Crippen LogP contribution < -0.4 is 0 Å². The first kappa shape index (κ1) is 69.0. The molecule has 16 fully saturated rings. The summed E-state index contributed by atoms with van der Waals surface area (Å²) >= 11 is 0. The van der Waals surface area contributed by atoms with Crippen molar-refractivity contribution in [3.05, 3.63) is 60.8 Å². The fourth-order valence-corrected chi connectivity index (χ4v) is 19.0. The predicted octanol–water partition coefficient (Wildman–Crippen LogP) is 11.1. The number of esters is 8. The smallest absolute Gasteiger partial charge is 0.463 e. The molecule has 0 aromatic carbocycles. The van der Waals surface area contributed by atoms with Crippen molar-refractivity contribution < 1.29 is 95.6 Å². The van der Waals surface area contributed by atoms with Crippen molar-refractivity contribution in [1.82, 2.24) is 0 Å². The molecule has 14 aliphatic carbocycles. The highest BCUT2D eigenvalue weighted by molar-refractivity contribution is 5.90. The maximum atomic E-state index is 12.2. The van der Waals surface area contributed by atoms with Crippen molar-refractivity contribution in [2.75, 3.05) is 13.2 Å². The number of hydrogen-bond acceptors (Lipinski definition) is 20. The highest BCUT2D eigenvalue weighted by atomic mass is 16.7. The standard InChI is InChI=1S/C19H28O5.C16H24O2.C14H16O6.C14H20O3.C8H10O4/c1-12(2)15(20)22-18-7-13-6-14(8-18)10-19(9-13,11-18)24-16(21)23-17(3,4)5;1-4-16(18-15(17)10(2)3)13-6-11-5-12(8-13)9-14(16)7-11;1-6(2)13(16)18-5-10(15)19-11-7-3-8-9(4-7)14(17)20-12(8)11;1-9(2)12(15)17-14-6-10-3-11(7-14)5-13(16,4-10)8-14;1-5(2)7(9)12-6-3-4-11-8(6)10/h13-14H,1,6-11H2,2-5H3;11-14H,2,4-9H2,1,3H3;7-9,11-12H,1,3-5H2,2H3;10-11,16H,1,3-8H2,2H3;6H,1,3-4H2,2H3. The first-order chi connectivity index (χ1) is 42.5. The second kappa shape index (κ2) is 26.6. The average molecular weight is 1270 g/mol. The molecule has 2 heterocycles. The van der Waals surface area contributed by atoms with Gasteiger partial charge in [-0.2, -0.15) is 0 Å². The lowest BCUT2D eigenvalue weighted by atomic mass is 9.49. The summed E-state index contributed by atoms with van der Waals surface area (Å²) in [5.74, 6) is 2.13. The highest BCUT2D eigenvalue weighted by Crippen LogP contribution is 2.63. The van der Waals surface area contributed by atoms with Crippen LogP contribution in [0.5, 0.6) is 0 Å². The van der Waals surface area contributed by atoms with E-state index in [0.717, 1.165) is 88.9 Å². The van der Waals surface area contributed by atoms with E-state index in [-0.39, 0.29) is 64.5 Å². The molecule has 14 bridgehead atoms. The van der Waals surface area contributed by atoms with Gasteiger partial charge in [-0.05, 0) is 218 Å². The molecule has 91 heavy (non-hydrogen) atoms. The van der Waals surface area contributed by atoms with Crippen LogP contribution in [0, 0.1) is 65.1 Å². The van der Waals surface area contributed by atoms with Crippen LogP contribution in [0.4, 0.5) is 4.79 Å². The first-order valence-corrected chi connectivity index (χ1v) is 33.1. The largest absolute Gasteiger partial charge is 0.509 e. The maximum absolute atomic E-state index is 12.2. The van der Waals surface area contributed by atoms with E-state index in [9.17, 15) is 48.3 Å². The van der Waals surface area contributed by atoms with Gasteiger partial charge in [-0.3, -0.25) is 4.79 Å². The summed E-state index contributed by atoms with van der Waals surface area (Å²) in [4.78, 5) is 104. The number of rotatable bonds is 14. The fraction of sp³-hybridized carbons (Fsp3) is 0.732. The van der Waals surface area contributed by atoms with Crippen LogP contribution in [0.3, 0.4) is 0 Å². The first-order valence-electron chi connectivity index (χ1n) is 33.1. The Morgan fingerprint density at radius 2 is 1.01 bits per heavy atom. The quantitative estimate of drug-likeness (QED) is 0.0962. The van der Waals surface area contributed by atoms with Crippen LogP contribution in [0.2, 0.25) is 0 Å². The predicted molar refractivity (Wildman–Crippen MR) is 328 cm³/mol. The minimum Gasteiger partial charge on any atom is -0.463 e. The lowest BCUT2D eigenvalue weighted by Gasteiger charge is -2.60. The van der Waals surface area contributed by atoms with E-state index in [1.807, 2.05) is 20.8 Å². The molecule has 14 saturated carbocycles. The lowest BCUT2D eigenvalue weighted by Crippen LogP contribution is -2.62. The Morgan fingerprint density at radius 3 is 1.46 bits per heavy atom. The minimum absolute atomic E-state index is 0.0128. The number of ether oxygens (including phenoxy) is 10. The Bertz CT molecular complexity index is 2900. The summed E-state index contributed by atoms with van der Waals surface area (Å²) in [5.41, 5.74) is -0.859. The summed E-state index contributed by atoms with van der Waals surface area (Å²) in [6, 6.07) is 0. The number of carbonyl (C=O) groups excluding carboxylic acids is 9. The van der Waals surface area contributed by atoms with E-state index in [1.165, 1.54) is 52.4 Å². The van der Waals surface area contributed by atoms with Crippen LogP contribution in [-0.4, -0.2) is 124 Å². The van der Waals surface area contributed by atoms with E-state index in [1.54, 1.807) is 20.8 Å². The molecule has 0 radical (unpaired) electrons. The van der Waals surface area contributed by atoms with Crippen molar-refractivity contribution >= 4 is 53.9 Å². The van der Waals surface area contributed by atoms with Crippen LogP contribution in [0.25, 0.3) is 0 Å². The van der Waals surface area contributed by atoms with Crippen LogP contribution in [0.1, 0.15) is 197 Å². The number of fused-ring (bicyclic) bond motifs is 1. The third kappa shape index (κ3) is 15.7. The van der Waals surface area contributed by atoms with E-state index in [0.29, 0.717) is 78.1 Å². The Hall–Kier alpha value is -6.31. The molecule has 2 saturated heterocycles. The monoisotopic (exact) mass is 1270 g/mol. The molecule has 502 valence electrons. The summed E-state index contributed by atoms with van der Waals surface area (Å²) in [6.07, 6.45) is 18.1. The molecular weight excluding hydrogens is 1170 g/mol. The lowest BCUT2D eigenvalue weighted by molar-refractivity contribution is -0.223. The second-order valence-corrected chi connectivity index (χ2v) is 30.7. The van der Waals surface area contributed by atoms with Gasteiger partial charge in [0.2, 0.25) is 6.10 Å². The molecule has 10 unspecified atom stereocenters. The van der Waals surface area contributed by atoms with Gasteiger partial charge in [-0.25, -0.2) is 38.4 Å². The van der Waals surface area contributed by atoms with Gasteiger partial charge in [0.25, 0.3) is 0 Å². The van der Waals surface area contributed by atoms with Crippen LogP contribution in [0.15, 0.2) is 60.8 Å². The molecule has 2 aliphatic heterocycles. The molecule has 16 rings (SSSR count). The molecule has 10 atom stereocenters. The minimum atomic E-state index is -0.728. The summed E-state index contributed by atoms with van der Waals surface area (Å²) in [5, 5.41) is 10.5. The van der Waals surface area contributed by atoms with E-state index in [2.05, 4.69) is 44.6 Å². The Kier molecular flexibility index (Phi) is 20.2. The van der Waals surface area contributed by atoms with E-state index in [4.69, 9.17) is 42.6 Å². The van der Waals surface area contributed by atoms with Crippen molar-refractivity contribution in [3.8, 4) is 0 Å². The van der Waals surface area contributed by atoms with Crippen molar-refractivity contribution in [2.45, 2.75) is 249 Å². The number of aliphatic hydroxyl groups is 1. The van der Waals surface area contributed by atoms with Gasteiger partial charge in [0.1, 0.15) is 40.2 Å². The molecule has 0 aromatic rings. The third-order valence-corrected chi connectivity index (χ3v) is 21.5. The van der Waals surface area contributed by atoms with E-state index < -0.39 is 76.9 Å². The van der Waals surface area contributed by atoms with Gasteiger partial charge < -0.3 is 52.5 Å². The SMILES string of the molecule is C=C(C)C(=O)OC1(CC)C2CC3CC(C2)CC1C3.C=C(C)C(=O)OC12CC3CC(CC(O)(C3)C1)C2.C=C(C)C(=O)OC12CC3CC(CC(OC(=O)OC(C)(C)C)(C3)C1)C2.C=C(C)C(=O)OC1CCOC1=O.C=C(C)C(=O)OCC(=O)OC1C2CC3C(=O)OC1C3C2. The van der Waals surface area contributed by atoms with Crippen LogP contribution >= 0.6 is 0 Å². The zero-order valence-corrected chi connectivity index (χ0v) is 55.1. The molecule has 20 heteroatoms. The number of carbonyl (C=O) groups is 9. The number of hydrogen-bond donors (Lipinski definition) is 1. The Labute approximate surface area is 535 Å². The maximum Gasteiger partial charge on any atom is 0.509 e. The van der Waals surface area contributed by atoms with Crippen molar-refractivity contribution in [3.63, 3.8) is 0 Å². The molecule has 1 N–H and O–H groups in total. The normalized spacial score (nSPS) is 38.4. The Balaban J connectivity index is 0.000000137. The molecule has 0 amide bonds. The van der Waals surface area contributed by atoms with Gasteiger partial charge in [-0.1, -0.05) is 39.8 Å². The summed E-state index contributed by atoms with van der Waals surface area (Å²) < 4.78 is 53.4. The zero-order valence-electron chi connectivity index (χ0n) is 55.1. The van der Waals surface area contributed by atoms with Gasteiger partial charge >= 0.3 is 53.9 Å². The van der Waals surface area contributed by atoms with Gasteiger partial charge in [0, 0.05) is 59.0 Å². The van der Waals surface area contributed by atoms with Gasteiger partial charge in [0.05, 0.1) is 18.1 Å². The molecular formula is C71H98O20. The van der Waals surface area contributed by atoms with E-state index >= 15 is 0 Å². The number of cyclic esters (lactones) is 1. The van der Waals surface area contributed by atoms with Crippen LogP contribution in [-0.2, 0) is 85.7 Å². The average Bonchev–Trinajstić information content (AvgIpc) is 1.50. The summed E-state index contributed by atoms with van der Waals surface area (Å²) in [7, 11) is 0. The highest BCUT2D eigenvalue weighted by Gasteiger charge is 2.65. The van der Waals surface area contributed by atoms with Crippen molar-refractivity contribution in [2.24, 2.45) is 65.1 Å². The van der Waals surface area contributed by atoms with Gasteiger partial charge in [-0.15, -0.1) is 0 Å². The molecule has 16 aliphatic rings. The second-order valence-electron chi connectivity index (χ2n) is 30.7. The Morgan fingerprint density at radius 1 is 0.549 bits per heavy atom. The third-order valence-electron chi connectivity index (χ3n) is 21.5.